The normalized spacial score (nSPS) is 18.6. The van der Waals surface area contributed by atoms with Crippen molar-refractivity contribution in [2.75, 3.05) is 20.1 Å². The van der Waals surface area contributed by atoms with Crippen molar-refractivity contribution in [1.82, 2.24) is 4.90 Å². The maximum atomic E-state index is 14.1. The topological polar surface area (TPSA) is 3.24 Å². The number of halogens is 2. The number of nitrogens with zero attached hydrogens (tertiary/aromatic N) is 1. The summed E-state index contributed by atoms with van der Waals surface area (Å²) < 4.78 is 28.2. The van der Waals surface area contributed by atoms with Gasteiger partial charge in [0.1, 0.15) is 11.6 Å². The largest absolute Gasteiger partial charge is 0.306 e. The molecule has 100 valence electrons. The second-order valence-electron chi connectivity index (χ2n) is 5.63. The Morgan fingerprint density at radius 2 is 1.61 bits per heavy atom. The summed E-state index contributed by atoms with van der Waals surface area (Å²) in [5.41, 5.74) is 1.04. The van der Waals surface area contributed by atoms with Crippen LogP contribution in [0.3, 0.4) is 0 Å². The summed E-state index contributed by atoms with van der Waals surface area (Å²) in [4.78, 5) is 2.20. The van der Waals surface area contributed by atoms with Crippen molar-refractivity contribution >= 4 is 0 Å². The summed E-state index contributed by atoms with van der Waals surface area (Å²) in [6.07, 6.45) is 1.68. The average Bonchev–Trinajstić information content (AvgIpc) is 2.30. The molecule has 1 aliphatic heterocycles. The first-order valence-corrected chi connectivity index (χ1v) is 6.66. The molecule has 1 nitrogen and oxygen atoms in total. The molecule has 0 N–H and O–H groups in total. The van der Waals surface area contributed by atoms with E-state index in [1.165, 1.54) is 12.1 Å². The number of piperidine rings is 1. The van der Waals surface area contributed by atoms with Crippen LogP contribution in [0.15, 0.2) is 12.1 Å². The molecule has 0 unspecified atom stereocenters. The van der Waals surface area contributed by atoms with E-state index in [9.17, 15) is 8.78 Å². The van der Waals surface area contributed by atoms with E-state index in [0.29, 0.717) is 5.56 Å². The van der Waals surface area contributed by atoms with E-state index in [2.05, 4.69) is 4.90 Å². The minimum atomic E-state index is -0.367. The highest BCUT2D eigenvalue weighted by atomic mass is 19.1. The molecule has 3 heteroatoms. The van der Waals surface area contributed by atoms with Crippen LogP contribution in [0.4, 0.5) is 8.78 Å². The molecule has 0 aromatic heterocycles. The van der Waals surface area contributed by atoms with Gasteiger partial charge in [0.15, 0.2) is 0 Å². The fourth-order valence-electron chi connectivity index (χ4n) is 2.62. The molecular formula is C15H21F2N. The minimum absolute atomic E-state index is 0.0300. The van der Waals surface area contributed by atoms with Gasteiger partial charge >= 0.3 is 0 Å². The molecule has 1 heterocycles. The van der Waals surface area contributed by atoms with E-state index < -0.39 is 0 Å². The lowest BCUT2D eigenvalue weighted by Crippen LogP contribution is -2.30. The van der Waals surface area contributed by atoms with Crippen molar-refractivity contribution in [2.45, 2.75) is 38.5 Å². The Labute approximate surface area is 108 Å². The van der Waals surface area contributed by atoms with Crippen molar-refractivity contribution in [3.63, 3.8) is 0 Å². The van der Waals surface area contributed by atoms with Gasteiger partial charge in [-0.3, -0.25) is 0 Å². The van der Waals surface area contributed by atoms with E-state index >= 15 is 0 Å². The van der Waals surface area contributed by atoms with E-state index in [1.54, 1.807) is 0 Å². The van der Waals surface area contributed by atoms with Crippen LogP contribution in [0.25, 0.3) is 0 Å². The standard InChI is InChI=1S/C15H21F2N/c1-10(2)12-8-13(16)15(14(17)9-12)11-4-6-18(3)7-5-11/h8-11H,4-7H2,1-3H3. The predicted molar refractivity (Wildman–Crippen MR) is 69.9 cm³/mol. The Morgan fingerprint density at radius 1 is 1.11 bits per heavy atom. The molecule has 0 saturated carbocycles. The second kappa shape index (κ2) is 5.35. The highest BCUT2D eigenvalue weighted by Crippen LogP contribution is 2.33. The van der Waals surface area contributed by atoms with E-state index in [4.69, 9.17) is 0 Å². The van der Waals surface area contributed by atoms with Gasteiger partial charge in [-0.15, -0.1) is 0 Å². The van der Waals surface area contributed by atoms with Crippen LogP contribution in [-0.4, -0.2) is 25.0 Å². The Bertz CT molecular complexity index is 397. The fourth-order valence-corrected chi connectivity index (χ4v) is 2.62. The molecule has 1 saturated heterocycles. The van der Waals surface area contributed by atoms with Gasteiger partial charge in [-0.25, -0.2) is 8.78 Å². The van der Waals surface area contributed by atoms with Gasteiger partial charge in [0.05, 0.1) is 0 Å². The van der Waals surface area contributed by atoms with Crippen molar-refractivity contribution < 1.29 is 8.78 Å². The first-order chi connectivity index (χ1) is 8.49. The van der Waals surface area contributed by atoms with E-state index in [-0.39, 0.29) is 23.5 Å². The number of rotatable bonds is 2. The van der Waals surface area contributed by atoms with Crippen molar-refractivity contribution in [3.8, 4) is 0 Å². The monoisotopic (exact) mass is 253 g/mol. The minimum Gasteiger partial charge on any atom is -0.306 e. The molecule has 1 aromatic carbocycles. The molecule has 0 spiro atoms. The lowest BCUT2D eigenvalue weighted by Gasteiger charge is -2.29. The summed E-state index contributed by atoms with van der Waals surface area (Å²) in [5, 5.41) is 0. The summed E-state index contributed by atoms with van der Waals surface area (Å²) in [7, 11) is 2.05. The number of likely N-dealkylation sites (tertiary alicyclic amines) is 1. The lowest BCUT2D eigenvalue weighted by atomic mass is 9.87. The fraction of sp³-hybridized carbons (Fsp3) is 0.600. The zero-order chi connectivity index (χ0) is 13.3. The molecule has 0 aliphatic carbocycles. The van der Waals surface area contributed by atoms with Gasteiger partial charge in [-0.1, -0.05) is 13.8 Å². The molecular weight excluding hydrogens is 232 g/mol. The second-order valence-corrected chi connectivity index (χ2v) is 5.63. The maximum Gasteiger partial charge on any atom is 0.129 e. The third-order valence-electron chi connectivity index (χ3n) is 3.89. The highest BCUT2D eigenvalue weighted by molar-refractivity contribution is 5.31. The Kier molecular flexibility index (Phi) is 4.00. The lowest BCUT2D eigenvalue weighted by molar-refractivity contribution is 0.250. The van der Waals surface area contributed by atoms with Crippen LogP contribution in [0.1, 0.15) is 49.7 Å². The van der Waals surface area contributed by atoms with Crippen LogP contribution < -0.4 is 0 Å². The molecule has 2 rings (SSSR count). The molecule has 18 heavy (non-hydrogen) atoms. The summed E-state index contributed by atoms with van der Waals surface area (Å²) in [6, 6.07) is 3.00. The van der Waals surface area contributed by atoms with Crippen LogP contribution in [-0.2, 0) is 0 Å². The van der Waals surface area contributed by atoms with E-state index in [1.807, 2.05) is 20.9 Å². The first kappa shape index (κ1) is 13.5. The molecule has 0 radical (unpaired) electrons. The number of hydrogen-bond donors (Lipinski definition) is 0. The van der Waals surface area contributed by atoms with Gasteiger partial charge in [0, 0.05) is 5.56 Å². The molecule has 1 aromatic rings. The zero-order valence-corrected chi connectivity index (χ0v) is 11.3. The van der Waals surface area contributed by atoms with Gasteiger partial charge in [0.2, 0.25) is 0 Å². The van der Waals surface area contributed by atoms with Gasteiger partial charge in [-0.2, -0.15) is 0 Å². The van der Waals surface area contributed by atoms with Crippen molar-refractivity contribution in [3.05, 3.63) is 34.9 Å². The van der Waals surface area contributed by atoms with Gasteiger partial charge < -0.3 is 4.90 Å². The van der Waals surface area contributed by atoms with Crippen LogP contribution in [0.2, 0.25) is 0 Å². The predicted octanol–water partition coefficient (Wildman–Crippen LogP) is 3.90. The maximum absolute atomic E-state index is 14.1. The van der Waals surface area contributed by atoms with Gasteiger partial charge in [0.25, 0.3) is 0 Å². The first-order valence-electron chi connectivity index (χ1n) is 6.66. The Balaban J connectivity index is 2.28. The third kappa shape index (κ3) is 2.72. The van der Waals surface area contributed by atoms with Crippen molar-refractivity contribution in [2.24, 2.45) is 0 Å². The molecule has 0 atom stereocenters. The van der Waals surface area contributed by atoms with Gasteiger partial charge in [-0.05, 0) is 62.5 Å². The quantitative estimate of drug-likeness (QED) is 0.772. The number of hydrogen-bond acceptors (Lipinski definition) is 1. The molecule has 1 fully saturated rings. The SMILES string of the molecule is CC(C)c1cc(F)c(C2CCN(C)CC2)c(F)c1. The molecule has 1 aliphatic rings. The van der Waals surface area contributed by atoms with Crippen LogP contribution in [0.5, 0.6) is 0 Å². The molecule has 0 bridgehead atoms. The molecule has 0 amide bonds. The summed E-state index contributed by atoms with van der Waals surface area (Å²) in [6.45, 7) is 5.72. The highest BCUT2D eigenvalue weighted by Gasteiger charge is 2.25. The number of benzene rings is 1. The summed E-state index contributed by atoms with van der Waals surface area (Å²) in [5.74, 6) is -0.551. The Morgan fingerprint density at radius 3 is 2.06 bits per heavy atom. The summed E-state index contributed by atoms with van der Waals surface area (Å²) >= 11 is 0. The third-order valence-corrected chi connectivity index (χ3v) is 3.89. The smallest absolute Gasteiger partial charge is 0.129 e. The Hall–Kier alpha value is -0.960. The average molecular weight is 253 g/mol. The van der Waals surface area contributed by atoms with Crippen molar-refractivity contribution in [1.29, 1.82) is 0 Å². The van der Waals surface area contributed by atoms with E-state index in [0.717, 1.165) is 31.5 Å². The zero-order valence-electron chi connectivity index (χ0n) is 11.3. The van der Waals surface area contributed by atoms with Crippen LogP contribution in [0, 0.1) is 11.6 Å². The van der Waals surface area contributed by atoms with Crippen LogP contribution >= 0.6 is 0 Å².